The van der Waals surface area contributed by atoms with E-state index in [0.29, 0.717) is 35.5 Å². The summed E-state index contributed by atoms with van der Waals surface area (Å²) in [7, 11) is 0. The van der Waals surface area contributed by atoms with Crippen LogP contribution < -0.4 is 10.1 Å². The second-order valence-corrected chi connectivity index (χ2v) is 6.82. The van der Waals surface area contributed by atoms with Gasteiger partial charge in [0, 0.05) is 29.1 Å². The zero-order valence-electron chi connectivity index (χ0n) is 16.5. The van der Waals surface area contributed by atoms with E-state index >= 15 is 0 Å². The molecular formula is C23H23N3O4. The average molecular weight is 405 g/mol. The van der Waals surface area contributed by atoms with E-state index < -0.39 is 5.97 Å². The number of nitrogens with zero attached hydrogens (tertiary/aromatic N) is 2. The van der Waals surface area contributed by atoms with Crippen LogP contribution in [0.2, 0.25) is 0 Å². The molecule has 2 aromatic carbocycles. The van der Waals surface area contributed by atoms with E-state index in [4.69, 9.17) is 16.3 Å². The van der Waals surface area contributed by atoms with Crippen molar-refractivity contribution in [1.82, 2.24) is 9.97 Å². The Labute approximate surface area is 174 Å². The second kappa shape index (κ2) is 10.1. The molecule has 0 aliphatic rings. The Morgan fingerprint density at radius 2 is 1.97 bits per heavy atom. The highest BCUT2D eigenvalue weighted by molar-refractivity contribution is 5.93. The van der Waals surface area contributed by atoms with Gasteiger partial charge in [-0.2, -0.15) is 0 Å². The molecule has 7 heteroatoms. The molecule has 3 N–H and O–H groups in total. The number of hydrogen-bond acceptors (Lipinski definition) is 6. The van der Waals surface area contributed by atoms with Crippen molar-refractivity contribution in [3.63, 3.8) is 0 Å². The van der Waals surface area contributed by atoms with Gasteiger partial charge < -0.3 is 20.3 Å². The van der Waals surface area contributed by atoms with Crippen LogP contribution in [-0.2, 0) is 4.79 Å². The van der Waals surface area contributed by atoms with Crippen LogP contribution in [0.4, 0.5) is 11.5 Å². The molecule has 30 heavy (non-hydrogen) atoms. The zero-order valence-corrected chi connectivity index (χ0v) is 16.5. The van der Waals surface area contributed by atoms with Gasteiger partial charge in [0.1, 0.15) is 12.1 Å². The maximum atomic E-state index is 10.5. The van der Waals surface area contributed by atoms with Gasteiger partial charge in [0.2, 0.25) is 0 Å². The van der Waals surface area contributed by atoms with Crippen LogP contribution in [0.25, 0.3) is 10.9 Å². The number of fused-ring (bicyclic) bond motifs is 1. The number of carbonyl (C=O) groups is 1. The van der Waals surface area contributed by atoms with Crippen LogP contribution >= 0.6 is 0 Å². The van der Waals surface area contributed by atoms with Gasteiger partial charge >= 0.3 is 5.97 Å². The smallest absolute Gasteiger partial charge is 0.303 e. The summed E-state index contributed by atoms with van der Waals surface area (Å²) in [5.41, 5.74) is 2.13. The minimum atomic E-state index is -0.773. The molecule has 3 rings (SSSR count). The van der Waals surface area contributed by atoms with Crippen molar-refractivity contribution in [2.45, 2.75) is 32.1 Å². The fraction of sp³-hybridized carbons (Fsp3) is 0.261. The number of nitrogens with one attached hydrogen (secondary N) is 1. The lowest BCUT2D eigenvalue weighted by Crippen LogP contribution is -2.00. The van der Waals surface area contributed by atoms with Crippen LogP contribution in [0.1, 0.15) is 37.7 Å². The van der Waals surface area contributed by atoms with E-state index in [1.165, 1.54) is 6.33 Å². The normalized spacial score (nSPS) is 10.5. The van der Waals surface area contributed by atoms with Crippen LogP contribution in [0.3, 0.4) is 0 Å². The third-order valence-electron chi connectivity index (χ3n) is 4.55. The predicted octanol–water partition coefficient (Wildman–Crippen LogP) is 4.47. The van der Waals surface area contributed by atoms with Crippen molar-refractivity contribution in [3.05, 3.63) is 48.3 Å². The fourth-order valence-corrected chi connectivity index (χ4v) is 3.02. The Morgan fingerprint density at radius 1 is 1.13 bits per heavy atom. The van der Waals surface area contributed by atoms with Gasteiger partial charge in [-0.3, -0.25) is 4.79 Å². The molecule has 0 aliphatic heterocycles. The molecule has 0 unspecified atom stereocenters. The van der Waals surface area contributed by atoms with E-state index in [1.807, 2.05) is 24.3 Å². The summed E-state index contributed by atoms with van der Waals surface area (Å²) in [4.78, 5) is 19.0. The van der Waals surface area contributed by atoms with Crippen LogP contribution in [0, 0.1) is 12.3 Å². The van der Waals surface area contributed by atoms with Gasteiger partial charge in [0.25, 0.3) is 0 Å². The molecule has 0 aliphatic carbocycles. The minimum absolute atomic E-state index is 0.00681. The van der Waals surface area contributed by atoms with E-state index in [1.54, 1.807) is 12.1 Å². The quantitative estimate of drug-likeness (QED) is 0.337. The van der Waals surface area contributed by atoms with Gasteiger partial charge in [0.15, 0.2) is 11.5 Å². The first-order valence-electron chi connectivity index (χ1n) is 9.73. The third-order valence-corrected chi connectivity index (χ3v) is 4.55. The SMILES string of the molecule is C#Cc1cccc(Nc2ncnc3cc(O)c(OCCCCCCC(=O)O)cc23)c1. The summed E-state index contributed by atoms with van der Waals surface area (Å²) >= 11 is 0. The van der Waals surface area contributed by atoms with Crippen molar-refractivity contribution >= 4 is 28.4 Å². The maximum Gasteiger partial charge on any atom is 0.303 e. The summed E-state index contributed by atoms with van der Waals surface area (Å²) in [6, 6.07) is 10.7. The molecule has 1 aromatic heterocycles. The molecule has 0 spiro atoms. The van der Waals surface area contributed by atoms with Gasteiger partial charge in [0.05, 0.1) is 12.1 Å². The number of ether oxygens (including phenoxy) is 1. The Balaban J connectivity index is 1.69. The van der Waals surface area contributed by atoms with Crippen molar-refractivity contribution in [2.75, 3.05) is 11.9 Å². The molecule has 0 radical (unpaired) electrons. The number of carboxylic acids is 1. The predicted molar refractivity (Wildman–Crippen MR) is 115 cm³/mol. The lowest BCUT2D eigenvalue weighted by molar-refractivity contribution is -0.137. The largest absolute Gasteiger partial charge is 0.504 e. The number of aromatic hydroxyl groups is 1. The number of aromatic nitrogens is 2. The summed E-state index contributed by atoms with van der Waals surface area (Å²) < 4.78 is 5.74. The van der Waals surface area contributed by atoms with Gasteiger partial charge in [-0.05, 0) is 37.1 Å². The van der Waals surface area contributed by atoms with Gasteiger partial charge in [-0.15, -0.1) is 6.42 Å². The topological polar surface area (TPSA) is 105 Å². The number of hydrogen-bond donors (Lipinski definition) is 3. The molecule has 0 bridgehead atoms. The lowest BCUT2D eigenvalue weighted by Gasteiger charge is -2.12. The summed E-state index contributed by atoms with van der Waals surface area (Å²) in [6.07, 6.45) is 10.2. The van der Waals surface area contributed by atoms with Crippen LogP contribution in [0.15, 0.2) is 42.7 Å². The third kappa shape index (κ3) is 5.61. The van der Waals surface area contributed by atoms with Crippen LogP contribution in [-0.4, -0.2) is 32.8 Å². The van der Waals surface area contributed by atoms with Crippen LogP contribution in [0.5, 0.6) is 11.5 Å². The van der Waals surface area contributed by atoms with Crippen molar-refractivity contribution in [3.8, 4) is 23.8 Å². The lowest BCUT2D eigenvalue weighted by atomic mass is 10.1. The molecule has 0 fully saturated rings. The van der Waals surface area contributed by atoms with E-state index in [0.717, 1.165) is 30.5 Å². The molecule has 0 atom stereocenters. The number of aliphatic carboxylic acids is 1. The second-order valence-electron chi connectivity index (χ2n) is 6.82. The first-order chi connectivity index (χ1) is 14.6. The summed E-state index contributed by atoms with van der Waals surface area (Å²) in [6.45, 7) is 0.423. The molecule has 0 amide bonds. The van der Waals surface area contributed by atoms with Gasteiger partial charge in [-0.25, -0.2) is 9.97 Å². The first-order valence-corrected chi connectivity index (χ1v) is 9.73. The number of terminal acetylenes is 1. The van der Waals surface area contributed by atoms with E-state index in [-0.39, 0.29) is 12.2 Å². The number of unbranched alkanes of at least 4 members (excludes halogenated alkanes) is 3. The summed E-state index contributed by atoms with van der Waals surface area (Å²) in [5, 5.41) is 22.9. The summed E-state index contributed by atoms with van der Waals surface area (Å²) in [5.74, 6) is 2.76. The molecular weight excluding hydrogens is 382 g/mol. The Bertz CT molecular complexity index is 1080. The minimum Gasteiger partial charge on any atom is -0.504 e. The number of phenolic OH excluding ortho intramolecular Hbond substituents is 1. The average Bonchev–Trinajstić information content (AvgIpc) is 2.73. The van der Waals surface area contributed by atoms with Crippen molar-refractivity contribution in [1.29, 1.82) is 0 Å². The molecule has 3 aromatic rings. The van der Waals surface area contributed by atoms with Gasteiger partial charge in [-0.1, -0.05) is 24.8 Å². The van der Waals surface area contributed by atoms with Crippen molar-refractivity contribution < 1.29 is 19.7 Å². The highest BCUT2D eigenvalue weighted by atomic mass is 16.5. The fourth-order valence-electron chi connectivity index (χ4n) is 3.02. The molecule has 0 saturated heterocycles. The molecule has 154 valence electrons. The van der Waals surface area contributed by atoms with Crippen molar-refractivity contribution in [2.24, 2.45) is 0 Å². The monoisotopic (exact) mass is 405 g/mol. The number of carboxylic acid groups (broad SMARTS) is 1. The Kier molecular flexibility index (Phi) is 7.06. The molecule has 1 heterocycles. The number of phenols is 1. The first kappa shape index (κ1) is 20.9. The maximum absolute atomic E-state index is 10.5. The Hall–Kier alpha value is -3.79. The zero-order chi connectivity index (χ0) is 21.3. The highest BCUT2D eigenvalue weighted by Crippen LogP contribution is 2.34. The number of anilines is 2. The molecule has 0 saturated carbocycles. The highest BCUT2D eigenvalue weighted by Gasteiger charge is 2.11. The Morgan fingerprint density at radius 3 is 2.77 bits per heavy atom. The number of benzene rings is 2. The number of rotatable bonds is 10. The van der Waals surface area contributed by atoms with E-state index in [2.05, 4.69) is 21.2 Å². The van der Waals surface area contributed by atoms with E-state index in [9.17, 15) is 9.90 Å². The standard InChI is InChI=1S/C23H23N3O4/c1-2-16-8-7-9-17(12-16)26-23-18-13-21(20(27)14-19(18)24-15-25-23)30-11-6-4-3-5-10-22(28)29/h1,7-9,12-15,27H,3-6,10-11H2,(H,28,29)(H,24,25,26). The molecule has 7 nitrogen and oxygen atoms in total.